The zero-order valence-electron chi connectivity index (χ0n) is 16.1. The van der Waals surface area contributed by atoms with Gasteiger partial charge in [-0.05, 0) is 49.4 Å². The van der Waals surface area contributed by atoms with Crippen LogP contribution in [0.2, 0.25) is 5.02 Å². The van der Waals surface area contributed by atoms with Crippen molar-refractivity contribution in [2.75, 3.05) is 11.9 Å². The number of aryl methyl sites for hydroxylation is 1. The van der Waals surface area contributed by atoms with Gasteiger partial charge in [-0.1, -0.05) is 52.7 Å². The largest absolute Gasteiger partial charge is 0.483 e. The van der Waals surface area contributed by atoms with E-state index in [1.807, 2.05) is 49.4 Å². The van der Waals surface area contributed by atoms with Crippen LogP contribution in [0, 0.1) is 6.92 Å². The number of carbonyl (C=O) groups excluding carboxylic acids is 1. The molecule has 0 aliphatic rings. The van der Waals surface area contributed by atoms with Gasteiger partial charge in [-0.3, -0.25) is 4.79 Å². The van der Waals surface area contributed by atoms with Crippen LogP contribution < -0.4 is 10.1 Å². The normalized spacial score (nSPS) is 10.6. The molecular formula is C23H18ClN3O3. The average Bonchev–Trinajstić information content (AvgIpc) is 3.23. The molecule has 0 spiro atoms. The molecule has 150 valence electrons. The number of nitrogens with one attached hydrogen (secondary N) is 1. The van der Waals surface area contributed by atoms with Gasteiger partial charge >= 0.3 is 0 Å². The fourth-order valence-electron chi connectivity index (χ4n) is 2.91. The van der Waals surface area contributed by atoms with E-state index in [1.54, 1.807) is 30.3 Å². The topological polar surface area (TPSA) is 77.2 Å². The SMILES string of the molecule is Cc1cccc(-c2nc(-c3ccccc3OCC(=O)Nc3cccc(Cl)c3)no2)c1. The average molecular weight is 420 g/mol. The molecule has 0 aliphatic heterocycles. The molecule has 0 aliphatic carbocycles. The number of ether oxygens (including phenoxy) is 1. The molecule has 1 heterocycles. The molecule has 0 bridgehead atoms. The maximum absolute atomic E-state index is 12.2. The summed E-state index contributed by atoms with van der Waals surface area (Å²) in [7, 11) is 0. The van der Waals surface area contributed by atoms with E-state index >= 15 is 0 Å². The van der Waals surface area contributed by atoms with E-state index in [4.69, 9.17) is 20.9 Å². The maximum atomic E-state index is 12.2. The molecule has 0 fully saturated rings. The Balaban J connectivity index is 1.48. The highest BCUT2D eigenvalue weighted by Crippen LogP contribution is 2.29. The number of nitrogens with zero attached hydrogens (tertiary/aromatic N) is 2. The molecular weight excluding hydrogens is 402 g/mol. The summed E-state index contributed by atoms with van der Waals surface area (Å²) in [6.45, 7) is 1.82. The van der Waals surface area contributed by atoms with Gasteiger partial charge in [0, 0.05) is 16.3 Å². The van der Waals surface area contributed by atoms with Gasteiger partial charge in [0.2, 0.25) is 5.82 Å². The van der Waals surface area contributed by atoms with Gasteiger partial charge in [0.05, 0.1) is 5.56 Å². The summed E-state index contributed by atoms with van der Waals surface area (Å²) in [6.07, 6.45) is 0. The Morgan fingerprint density at radius 2 is 1.90 bits per heavy atom. The number of anilines is 1. The van der Waals surface area contributed by atoms with Gasteiger partial charge in [0.25, 0.3) is 11.8 Å². The number of amides is 1. The number of aromatic nitrogens is 2. The molecule has 0 atom stereocenters. The van der Waals surface area contributed by atoms with Gasteiger partial charge in [-0.25, -0.2) is 0 Å². The van der Waals surface area contributed by atoms with E-state index in [0.29, 0.717) is 33.7 Å². The van der Waals surface area contributed by atoms with Crippen molar-refractivity contribution in [3.8, 4) is 28.6 Å². The Morgan fingerprint density at radius 3 is 2.73 bits per heavy atom. The number of hydrogen-bond acceptors (Lipinski definition) is 5. The van der Waals surface area contributed by atoms with Crippen molar-refractivity contribution in [3.05, 3.63) is 83.4 Å². The lowest BCUT2D eigenvalue weighted by Gasteiger charge is -2.10. The summed E-state index contributed by atoms with van der Waals surface area (Å²) < 4.78 is 11.1. The lowest BCUT2D eigenvalue weighted by atomic mass is 10.1. The fraction of sp³-hybridized carbons (Fsp3) is 0.0870. The van der Waals surface area contributed by atoms with E-state index < -0.39 is 0 Å². The Bertz CT molecular complexity index is 1190. The summed E-state index contributed by atoms with van der Waals surface area (Å²) in [5.41, 5.74) is 3.18. The third kappa shape index (κ3) is 4.67. The van der Waals surface area contributed by atoms with Gasteiger partial charge < -0.3 is 14.6 Å². The lowest BCUT2D eigenvalue weighted by molar-refractivity contribution is -0.118. The van der Waals surface area contributed by atoms with Crippen LogP contribution in [-0.2, 0) is 4.79 Å². The summed E-state index contributed by atoms with van der Waals surface area (Å²) in [5.74, 6) is 0.982. The number of para-hydroxylation sites is 1. The minimum Gasteiger partial charge on any atom is -0.483 e. The molecule has 30 heavy (non-hydrogen) atoms. The highest BCUT2D eigenvalue weighted by Gasteiger charge is 2.15. The van der Waals surface area contributed by atoms with Crippen LogP contribution in [0.25, 0.3) is 22.8 Å². The van der Waals surface area contributed by atoms with E-state index in [-0.39, 0.29) is 12.5 Å². The van der Waals surface area contributed by atoms with Crippen molar-refractivity contribution < 1.29 is 14.1 Å². The van der Waals surface area contributed by atoms with Crippen LogP contribution in [0.15, 0.2) is 77.3 Å². The lowest BCUT2D eigenvalue weighted by Crippen LogP contribution is -2.20. The summed E-state index contributed by atoms with van der Waals surface area (Å²) in [5, 5.41) is 7.36. The first kappa shape index (κ1) is 19.7. The zero-order valence-corrected chi connectivity index (χ0v) is 16.9. The molecule has 3 aromatic carbocycles. The van der Waals surface area contributed by atoms with Crippen LogP contribution in [-0.4, -0.2) is 22.7 Å². The highest BCUT2D eigenvalue weighted by atomic mass is 35.5. The van der Waals surface area contributed by atoms with E-state index in [9.17, 15) is 4.79 Å². The van der Waals surface area contributed by atoms with Crippen LogP contribution in [0.4, 0.5) is 5.69 Å². The monoisotopic (exact) mass is 419 g/mol. The number of halogens is 1. The minimum atomic E-state index is -0.305. The second kappa shape index (κ2) is 8.80. The van der Waals surface area contributed by atoms with Crippen molar-refractivity contribution in [1.29, 1.82) is 0 Å². The molecule has 0 saturated carbocycles. The standard InChI is InChI=1S/C23H18ClN3O3/c1-15-6-4-7-16(12-15)23-26-22(27-30-23)19-10-2-3-11-20(19)29-14-21(28)25-18-9-5-8-17(24)13-18/h2-13H,14H2,1H3,(H,25,28). The second-order valence-corrected chi connectivity index (χ2v) is 7.07. The Hall–Kier alpha value is -3.64. The van der Waals surface area contributed by atoms with E-state index in [0.717, 1.165) is 11.1 Å². The highest BCUT2D eigenvalue weighted by molar-refractivity contribution is 6.30. The van der Waals surface area contributed by atoms with Crippen molar-refractivity contribution >= 4 is 23.2 Å². The molecule has 1 amide bonds. The summed E-state index contributed by atoms with van der Waals surface area (Å²) in [6, 6.07) is 22.0. The molecule has 6 nitrogen and oxygen atoms in total. The van der Waals surface area contributed by atoms with Crippen LogP contribution in [0.5, 0.6) is 5.75 Å². The number of carbonyl (C=O) groups is 1. The molecule has 1 N–H and O–H groups in total. The van der Waals surface area contributed by atoms with Crippen LogP contribution in [0.3, 0.4) is 0 Å². The minimum absolute atomic E-state index is 0.174. The Kier molecular flexibility index (Phi) is 5.77. The molecule has 1 aromatic heterocycles. The number of hydrogen-bond donors (Lipinski definition) is 1. The first-order valence-electron chi connectivity index (χ1n) is 9.27. The first-order chi connectivity index (χ1) is 14.6. The van der Waals surface area contributed by atoms with Gasteiger partial charge in [-0.15, -0.1) is 0 Å². The molecule has 0 radical (unpaired) electrons. The van der Waals surface area contributed by atoms with Gasteiger partial charge in [0.15, 0.2) is 6.61 Å². The predicted octanol–water partition coefficient (Wildman–Crippen LogP) is 5.38. The predicted molar refractivity (Wildman–Crippen MR) is 115 cm³/mol. The van der Waals surface area contributed by atoms with Crippen LogP contribution in [0.1, 0.15) is 5.56 Å². The summed E-state index contributed by atoms with van der Waals surface area (Å²) >= 11 is 5.94. The third-order valence-corrected chi connectivity index (χ3v) is 4.52. The van der Waals surface area contributed by atoms with Crippen molar-refractivity contribution in [2.24, 2.45) is 0 Å². The summed E-state index contributed by atoms with van der Waals surface area (Å²) in [4.78, 5) is 16.7. The van der Waals surface area contributed by atoms with E-state index in [2.05, 4.69) is 15.5 Å². The third-order valence-electron chi connectivity index (χ3n) is 4.29. The zero-order chi connectivity index (χ0) is 20.9. The van der Waals surface area contributed by atoms with Crippen molar-refractivity contribution in [3.63, 3.8) is 0 Å². The molecule has 4 rings (SSSR count). The molecule has 0 saturated heterocycles. The number of rotatable bonds is 6. The van der Waals surface area contributed by atoms with Crippen molar-refractivity contribution in [2.45, 2.75) is 6.92 Å². The molecule has 4 aromatic rings. The Morgan fingerprint density at radius 1 is 1.07 bits per heavy atom. The van der Waals surface area contributed by atoms with Gasteiger partial charge in [-0.2, -0.15) is 4.98 Å². The Labute approximate surface area is 178 Å². The first-order valence-corrected chi connectivity index (χ1v) is 9.65. The molecule has 0 unspecified atom stereocenters. The maximum Gasteiger partial charge on any atom is 0.262 e. The fourth-order valence-corrected chi connectivity index (χ4v) is 3.10. The molecule has 7 heteroatoms. The quantitative estimate of drug-likeness (QED) is 0.453. The van der Waals surface area contributed by atoms with Crippen molar-refractivity contribution in [1.82, 2.24) is 10.1 Å². The van der Waals surface area contributed by atoms with Crippen LogP contribution >= 0.6 is 11.6 Å². The smallest absolute Gasteiger partial charge is 0.262 e. The number of benzene rings is 3. The van der Waals surface area contributed by atoms with Gasteiger partial charge in [0.1, 0.15) is 5.75 Å². The van der Waals surface area contributed by atoms with E-state index in [1.165, 1.54) is 0 Å². The second-order valence-electron chi connectivity index (χ2n) is 6.64.